The molecule has 0 spiro atoms. The molecule has 0 amide bonds. The van der Waals surface area contributed by atoms with Crippen molar-refractivity contribution in [2.75, 3.05) is 5.32 Å². The minimum atomic E-state index is -4.48. The maximum absolute atomic E-state index is 13.5. The number of halogens is 4. The number of thiazole rings is 1. The number of nitrogens with zero attached hydrogens (tertiary/aromatic N) is 1. The van der Waals surface area contributed by atoms with E-state index in [2.05, 4.69) is 10.3 Å². The minimum absolute atomic E-state index is 0.162. The Balaban J connectivity index is 2.19. The fourth-order valence-electron chi connectivity index (χ4n) is 1.75. The maximum atomic E-state index is 13.5. The summed E-state index contributed by atoms with van der Waals surface area (Å²) in [4.78, 5) is 5.08. The largest absolute Gasteiger partial charge is 0.416 e. The van der Waals surface area contributed by atoms with Gasteiger partial charge in [-0.1, -0.05) is 0 Å². The van der Waals surface area contributed by atoms with E-state index in [0.29, 0.717) is 0 Å². The predicted octanol–water partition coefficient (Wildman–Crippen LogP) is 4.53. The highest BCUT2D eigenvalue weighted by molar-refractivity contribution is 7.11. The maximum Gasteiger partial charge on any atom is 0.416 e. The Kier molecular flexibility index (Phi) is 3.99. The van der Waals surface area contributed by atoms with E-state index in [1.807, 2.05) is 13.8 Å². The lowest BCUT2D eigenvalue weighted by Crippen LogP contribution is -2.08. The Morgan fingerprint density at radius 3 is 2.50 bits per heavy atom. The summed E-state index contributed by atoms with van der Waals surface area (Å²) >= 11 is 1.43. The van der Waals surface area contributed by atoms with Gasteiger partial charge in [0, 0.05) is 4.88 Å². The van der Waals surface area contributed by atoms with Gasteiger partial charge < -0.3 is 5.32 Å². The van der Waals surface area contributed by atoms with Crippen LogP contribution in [-0.4, -0.2) is 4.98 Å². The smallest absolute Gasteiger partial charge is 0.378 e. The highest BCUT2D eigenvalue weighted by Gasteiger charge is 2.31. The molecule has 0 radical (unpaired) electrons. The molecule has 0 atom stereocenters. The average Bonchev–Trinajstić information content (AvgIpc) is 2.65. The topological polar surface area (TPSA) is 24.9 Å². The van der Waals surface area contributed by atoms with Gasteiger partial charge in [0.25, 0.3) is 0 Å². The lowest BCUT2D eigenvalue weighted by molar-refractivity contribution is -0.137. The summed E-state index contributed by atoms with van der Waals surface area (Å²) in [6, 6.07) is 2.32. The fourth-order valence-corrected chi connectivity index (χ4v) is 2.63. The first-order valence-electron chi connectivity index (χ1n) is 5.81. The van der Waals surface area contributed by atoms with Crippen molar-refractivity contribution in [3.8, 4) is 0 Å². The summed E-state index contributed by atoms with van der Waals surface area (Å²) in [5.74, 6) is -0.711. The third-order valence-electron chi connectivity index (χ3n) is 2.73. The number of aryl methyl sites for hydroxylation is 2. The summed E-state index contributed by atoms with van der Waals surface area (Å²) < 4.78 is 51.2. The van der Waals surface area contributed by atoms with Crippen molar-refractivity contribution in [2.24, 2.45) is 0 Å². The Bertz CT molecular complexity index is 619. The lowest BCUT2D eigenvalue weighted by atomic mass is 10.2. The molecule has 1 aromatic heterocycles. The van der Waals surface area contributed by atoms with E-state index in [0.717, 1.165) is 33.8 Å². The van der Waals surface area contributed by atoms with Crippen molar-refractivity contribution >= 4 is 17.0 Å². The van der Waals surface area contributed by atoms with E-state index in [9.17, 15) is 17.6 Å². The number of anilines is 1. The molecule has 20 heavy (non-hydrogen) atoms. The van der Waals surface area contributed by atoms with Crippen LogP contribution in [0.25, 0.3) is 0 Å². The van der Waals surface area contributed by atoms with Gasteiger partial charge in [0.2, 0.25) is 0 Å². The molecule has 108 valence electrons. The SMILES string of the molecule is Cc1nc(C)c(CNc2cc(C(F)(F)F)ccc2F)s1. The zero-order valence-corrected chi connectivity index (χ0v) is 11.6. The molecule has 0 fully saturated rings. The van der Waals surface area contributed by atoms with Gasteiger partial charge in [-0.05, 0) is 32.0 Å². The summed E-state index contributed by atoms with van der Waals surface area (Å²) in [5.41, 5.74) is -0.240. The monoisotopic (exact) mass is 304 g/mol. The van der Waals surface area contributed by atoms with E-state index in [1.165, 1.54) is 11.3 Å². The number of benzene rings is 1. The number of rotatable bonds is 3. The fraction of sp³-hybridized carbons (Fsp3) is 0.308. The van der Waals surface area contributed by atoms with Crippen LogP contribution in [0, 0.1) is 19.7 Å². The third kappa shape index (κ3) is 3.27. The van der Waals surface area contributed by atoms with Crippen LogP contribution in [0.4, 0.5) is 23.2 Å². The molecule has 7 heteroatoms. The molecular formula is C13H12F4N2S. The Morgan fingerprint density at radius 2 is 1.95 bits per heavy atom. The van der Waals surface area contributed by atoms with Gasteiger partial charge >= 0.3 is 6.18 Å². The molecule has 0 aliphatic carbocycles. The second kappa shape index (κ2) is 5.40. The normalized spacial score (nSPS) is 11.7. The first-order chi connectivity index (χ1) is 9.27. The van der Waals surface area contributed by atoms with Crippen LogP contribution in [0.2, 0.25) is 0 Å². The number of aromatic nitrogens is 1. The molecule has 2 rings (SSSR count). The van der Waals surface area contributed by atoms with Gasteiger partial charge in [-0.2, -0.15) is 13.2 Å². The Hall–Kier alpha value is -1.63. The average molecular weight is 304 g/mol. The quantitative estimate of drug-likeness (QED) is 0.843. The molecule has 1 heterocycles. The molecule has 2 nitrogen and oxygen atoms in total. The van der Waals surface area contributed by atoms with Crippen molar-refractivity contribution in [1.82, 2.24) is 4.98 Å². The van der Waals surface area contributed by atoms with Gasteiger partial charge in [-0.3, -0.25) is 0 Å². The third-order valence-corrected chi connectivity index (χ3v) is 3.81. The molecule has 0 saturated carbocycles. The standard InChI is InChI=1S/C13H12F4N2S/c1-7-12(20-8(2)19-7)6-18-11-5-9(13(15,16)17)3-4-10(11)14/h3-5,18H,6H2,1-2H3. The van der Waals surface area contributed by atoms with Crippen molar-refractivity contribution in [3.63, 3.8) is 0 Å². The summed E-state index contributed by atoms with van der Waals surface area (Å²) in [6.07, 6.45) is -4.48. The van der Waals surface area contributed by atoms with Crippen LogP contribution in [0.5, 0.6) is 0 Å². The lowest BCUT2D eigenvalue weighted by Gasteiger charge is -2.11. The molecule has 1 N–H and O–H groups in total. The van der Waals surface area contributed by atoms with Gasteiger partial charge in [0.05, 0.1) is 28.5 Å². The zero-order valence-electron chi connectivity index (χ0n) is 10.8. The molecule has 0 aliphatic rings. The molecule has 0 unspecified atom stereocenters. The van der Waals surface area contributed by atoms with E-state index in [1.54, 1.807) is 0 Å². The van der Waals surface area contributed by atoms with E-state index >= 15 is 0 Å². The predicted molar refractivity (Wildman–Crippen MR) is 70.3 cm³/mol. The Morgan fingerprint density at radius 1 is 1.25 bits per heavy atom. The number of hydrogen-bond acceptors (Lipinski definition) is 3. The molecular weight excluding hydrogens is 292 g/mol. The first-order valence-corrected chi connectivity index (χ1v) is 6.62. The summed E-state index contributed by atoms with van der Waals surface area (Å²) in [7, 11) is 0. The van der Waals surface area contributed by atoms with Crippen molar-refractivity contribution in [2.45, 2.75) is 26.6 Å². The Labute approximate surface area is 117 Å². The summed E-state index contributed by atoms with van der Waals surface area (Å²) in [6.45, 7) is 3.89. The van der Waals surface area contributed by atoms with Crippen LogP contribution in [0.3, 0.4) is 0 Å². The zero-order chi connectivity index (χ0) is 14.9. The first kappa shape index (κ1) is 14.8. The molecule has 0 bridgehead atoms. The van der Waals surface area contributed by atoms with Gasteiger partial charge in [-0.15, -0.1) is 11.3 Å². The molecule has 0 saturated heterocycles. The number of hydrogen-bond donors (Lipinski definition) is 1. The van der Waals surface area contributed by atoms with Crippen LogP contribution in [0.1, 0.15) is 21.1 Å². The van der Waals surface area contributed by atoms with E-state index < -0.39 is 17.6 Å². The second-order valence-corrected chi connectivity index (χ2v) is 5.58. The second-order valence-electron chi connectivity index (χ2n) is 4.29. The molecule has 2 aromatic rings. The number of alkyl halides is 3. The van der Waals surface area contributed by atoms with E-state index in [4.69, 9.17) is 0 Å². The van der Waals surface area contributed by atoms with E-state index in [-0.39, 0.29) is 12.2 Å². The van der Waals surface area contributed by atoms with Crippen LogP contribution in [0.15, 0.2) is 18.2 Å². The molecule has 0 aliphatic heterocycles. The molecule has 1 aromatic carbocycles. The van der Waals surface area contributed by atoms with Crippen LogP contribution < -0.4 is 5.32 Å². The van der Waals surface area contributed by atoms with Gasteiger partial charge in [-0.25, -0.2) is 9.37 Å². The number of nitrogens with one attached hydrogen (secondary N) is 1. The van der Waals surface area contributed by atoms with Gasteiger partial charge in [0.1, 0.15) is 5.82 Å². The minimum Gasteiger partial charge on any atom is -0.378 e. The van der Waals surface area contributed by atoms with Crippen molar-refractivity contribution < 1.29 is 17.6 Å². The van der Waals surface area contributed by atoms with Gasteiger partial charge in [0.15, 0.2) is 0 Å². The highest BCUT2D eigenvalue weighted by Crippen LogP contribution is 2.32. The highest BCUT2D eigenvalue weighted by atomic mass is 32.1. The van der Waals surface area contributed by atoms with Crippen molar-refractivity contribution in [1.29, 1.82) is 0 Å². The van der Waals surface area contributed by atoms with Crippen LogP contribution >= 0.6 is 11.3 Å². The summed E-state index contributed by atoms with van der Waals surface area (Å²) in [5, 5.41) is 3.56. The van der Waals surface area contributed by atoms with Crippen LogP contribution in [-0.2, 0) is 12.7 Å². The van der Waals surface area contributed by atoms with Crippen molar-refractivity contribution in [3.05, 3.63) is 45.2 Å².